The summed E-state index contributed by atoms with van der Waals surface area (Å²) in [6.45, 7) is 0.407. The highest BCUT2D eigenvalue weighted by Gasteiger charge is 2.16. The summed E-state index contributed by atoms with van der Waals surface area (Å²) in [6.07, 6.45) is 5.81. The minimum Gasteiger partial charge on any atom is -0.349 e. The molecule has 3 N–H and O–H groups in total. The van der Waals surface area contributed by atoms with E-state index in [-0.39, 0.29) is 11.9 Å². The summed E-state index contributed by atoms with van der Waals surface area (Å²) in [4.78, 5) is 23.4. The molecule has 1 saturated carbocycles. The molecule has 2 rings (SSSR count). The van der Waals surface area contributed by atoms with Crippen LogP contribution < -0.4 is 16.0 Å². The minimum absolute atomic E-state index is 0.0244. The van der Waals surface area contributed by atoms with Crippen molar-refractivity contribution < 1.29 is 9.59 Å². The largest absolute Gasteiger partial charge is 0.349 e. The molecule has 0 spiro atoms. The Morgan fingerprint density at radius 1 is 1.19 bits per heavy atom. The van der Waals surface area contributed by atoms with Crippen LogP contribution in [-0.2, 0) is 6.54 Å². The van der Waals surface area contributed by atoms with Crippen LogP contribution in [0.1, 0.15) is 48.0 Å². The van der Waals surface area contributed by atoms with Crippen LogP contribution in [0.5, 0.6) is 0 Å². The molecule has 1 fully saturated rings. The van der Waals surface area contributed by atoms with Crippen LogP contribution in [0.2, 0.25) is 0 Å². The monoisotopic (exact) mass is 289 g/mol. The van der Waals surface area contributed by atoms with Gasteiger partial charge in [-0.1, -0.05) is 31.4 Å². The van der Waals surface area contributed by atoms with E-state index in [1.54, 1.807) is 7.05 Å². The van der Waals surface area contributed by atoms with E-state index in [2.05, 4.69) is 16.0 Å². The Kier molecular flexibility index (Phi) is 5.60. The number of hydrogen-bond donors (Lipinski definition) is 3. The van der Waals surface area contributed by atoms with Crippen molar-refractivity contribution in [3.05, 3.63) is 35.4 Å². The fourth-order valence-corrected chi connectivity index (χ4v) is 2.61. The van der Waals surface area contributed by atoms with Crippen molar-refractivity contribution in [2.45, 2.75) is 44.7 Å². The second kappa shape index (κ2) is 7.67. The maximum atomic E-state index is 12.2. The number of carbonyl (C=O) groups is 2. The Morgan fingerprint density at radius 2 is 1.95 bits per heavy atom. The van der Waals surface area contributed by atoms with Crippen LogP contribution in [0.4, 0.5) is 4.79 Å². The predicted molar refractivity (Wildman–Crippen MR) is 82.1 cm³/mol. The lowest BCUT2D eigenvalue weighted by atomic mass is 9.95. The molecule has 0 radical (unpaired) electrons. The number of urea groups is 1. The number of nitrogens with one attached hydrogen (secondary N) is 3. The Hall–Kier alpha value is -2.04. The zero-order valence-corrected chi connectivity index (χ0v) is 12.4. The van der Waals surface area contributed by atoms with E-state index in [9.17, 15) is 9.59 Å². The molecule has 0 aliphatic heterocycles. The van der Waals surface area contributed by atoms with E-state index in [1.165, 1.54) is 19.3 Å². The lowest BCUT2D eigenvalue weighted by molar-refractivity contribution is 0.0927. The van der Waals surface area contributed by atoms with Crippen LogP contribution in [0.3, 0.4) is 0 Å². The summed E-state index contributed by atoms with van der Waals surface area (Å²) in [5.74, 6) is -0.0244. The zero-order chi connectivity index (χ0) is 15.1. The maximum Gasteiger partial charge on any atom is 0.314 e. The van der Waals surface area contributed by atoms with Gasteiger partial charge in [-0.25, -0.2) is 4.79 Å². The Bertz CT molecular complexity index is 496. The smallest absolute Gasteiger partial charge is 0.314 e. The Labute approximate surface area is 125 Å². The third-order valence-electron chi connectivity index (χ3n) is 3.81. The first-order valence-electron chi connectivity index (χ1n) is 7.54. The highest BCUT2D eigenvalue weighted by molar-refractivity contribution is 5.94. The van der Waals surface area contributed by atoms with Gasteiger partial charge in [0.25, 0.3) is 5.91 Å². The van der Waals surface area contributed by atoms with Crippen molar-refractivity contribution in [3.63, 3.8) is 0 Å². The molecule has 0 atom stereocenters. The van der Waals surface area contributed by atoms with Crippen LogP contribution in [0.15, 0.2) is 24.3 Å². The van der Waals surface area contributed by atoms with Crippen LogP contribution in [-0.4, -0.2) is 25.0 Å². The molecule has 1 aromatic carbocycles. The lowest BCUT2D eigenvalue weighted by Crippen LogP contribution is -2.36. The molecule has 114 valence electrons. The van der Waals surface area contributed by atoms with Gasteiger partial charge in [-0.3, -0.25) is 4.79 Å². The molecule has 5 heteroatoms. The molecule has 0 heterocycles. The summed E-state index contributed by atoms with van der Waals surface area (Å²) >= 11 is 0. The van der Waals surface area contributed by atoms with Gasteiger partial charge in [0.1, 0.15) is 0 Å². The molecular formula is C16H23N3O2. The number of carbonyl (C=O) groups excluding carboxylic acids is 2. The number of rotatable bonds is 4. The van der Waals surface area contributed by atoms with Crippen LogP contribution in [0.25, 0.3) is 0 Å². The summed E-state index contributed by atoms with van der Waals surface area (Å²) in [5, 5.41) is 8.31. The van der Waals surface area contributed by atoms with Gasteiger partial charge in [-0.05, 0) is 30.5 Å². The van der Waals surface area contributed by atoms with Crippen molar-refractivity contribution in [1.82, 2.24) is 16.0 Å². The van der Waals surface area contributed by atoms with Gasteiger partial charge < -0.3 is 16.0 Å². The molecular weight excluding hydrogens is 266 g/mol. The first kappa shape index (κ1) is 15.4. The molecule has 0 bridgehead atoms. The van der Waals surface area contributed by atoms with Crippen molar-refractivity contribution in [3.8, 4) is 0 Å². The first-order chi connectivity index (χ1) is 10.2. The summed E-state index contributed by atoms with van der Waals surface area (Å²) in [5.41, 5.74) is 1.56. The van der Waals surface area contributed by atoms with Crippen molar-refractivity contribution in [2.24, 2.45) is 0 Å². The second-order valence-electron chi connectivity index (χ2n) is 5.44. The zero-order valence-electron chi connectivity index (χ0n) is 12.4. The highest BCUT2D eigenvalue weighted by atomic mass is 16.2. The number of amides is 3. The summed E-state index contributed by atoms with van der Waals surface area (Å²) in [6, 6.07) is 7.45. The van der Waals surface area contributed by atoms with Gasteiger partial charge in [-0.2, -0.15) is 0 Å². The minimum atomic E-state index is -0.230. The third kappa shape index (κ3) is 4.77. The van der Waals surface area contributed by atoms with Gasteiger partial charge in [0.05, 0.1) is 0 Å². The normalized spacial score (nSPS) is 15.3. The topological polar surface area (TPSA) is 70.2 Å². The van der Waals surface area contributed by atoms with Crippen molar-refractivity contribution in [2.75, 3.05) is 7.05 Å². The van der Waals surface area contributed by atoms with Crippen LogP contribution in [0, 0.1) is 0 Å². The van der Waals surface area contributed by atoms with Crippen LogP contribution >= 0.6 is 0 Å². The van der Waals surface area contributed by atoms with E-state index >= 15 is 0 Å². The molecule has 0 unspecified atom stereocenters. The predicted octanol–water partition coefficient (Wildman–Crippen LogP) is 2.18. The fourth-order valence-electron chi connectivity index (χ4n) is 2.61. The molecule has 3 amide bonds. The molecule has 0 saturated heterocycles. The molecule has 1 aromatic rings. The Balaban J connectivity index is 1.92. The SMILES string of the molecule is CNC(=O)NCc1cccc(C(=O)NC2CCCCC2)c1. The standard InChI is InChI=1S/C16H23N3O2/c1-17-16(21)18-11-12-6-5-7-13(10-12)15(20)19-14-8-3-2-4-9-14/h5-7,10,14H,2-4,8-9,11H2,1H3,(H,19,20)(H2,17,18,21). The highest BCUT2D eigenvalue weighted by Crippen LogP contribution is 2.18. The van der Waals surface area contributed by atoms with Gasteiger partial charge in [0.2, 0.25) is 0 Å². The Morgan fingerprint density at radius 3 is 2.67 bits per heavy atom. The summed E-state index contributed by atoms with van der Waals surface area (Å²) < 4.78 is 0. The second-order valence-corrected chi connectivity index (χ2v) is 5.44. The van der Waals surface area contributed by atoms with E-state index in [0.717, 1.165) is 18.4 Å². The quantitative estimate of drug-likeness (QED) is 0.795. The maximum absolute atomic E-state index is 12.2. The number of benzene rings is 1. The van der Waals surface area contributed by atoms with Crippen molar-refractivity contribution in [1.29, 1.82) is 0 Å². The van der Waals surface area contributed by atoms with Gasteiger partial charge in [0, 0.05) is 25.2 Å². The summed E-state index contributed by atoms with van der Waals surface area (Å²) in [7, 11) is 1.57. The van der Waals surface area contributed by atoms with Gasteiger partial charge >= 0.3 is 6.03 Å². The van der Waals surface area contributed by atoms with Gasteiger partial charge in [0.15, 0.2) is 0 Å². The van der Waals surface area contributed by atoms with Crippen molar-refractivity contribution >= 4 is 11.9 Å². The van der Waals surface area contributed by atoms with Gasteiger partial charge in [-0.15, -0.1) is 0 Å². The van der Waals surface area contributed by atoms with E-state index in [4.69, 9.17) is 0 Å². The fraction of sp³-hybridized carbons (Fsp3) is 0.500. The third-order valence-corrected chi connectivity index (χ3v) is 3.81. The molecule has 21 heavy (non-hydrogen) atoms. The average Bonchev–Trinajstić information content (AvgIpc) is 2.53. The molecule has 1 aliphatic carbocycles. The lowest BCUT2D eigenvalue weighted by Gasteiger charge is -2.22. The number of hydrogen-bond acceptors (Lipinski definition) is 2. The van der Waals surface area contributed by atoms with E-state index in [1.807, 2.05) is 24.3 Å². The molecule has 1 aliphatic rings. The molecule has 5 nitrogen and oxygen atoms in total. The van der Waals surface area contributed by atoms with E-state index < -0.39 is 0 Å². The first-order valence-corrected chi connectivity index (χ1v) is 7.54. The average molecular weight is 289 g/mol. The van der Waals surface area contributed by atoms with E-state index in [0.29, 0.717) is 18.2 Å². The molecule has 0 aromatic heterocycles.